The molecule has 21 heavy (non-hydrogen) atoms. The molecule has 1 unspecified atom stereocenters. The van der Waals surface area contributed by atoms with Crippen molar-refractivity contribution in [3.05, 3.63) is 47.5 Å². The Balaban J connectivity index is 2.17. The summed E-state index contributed by atoms with van der Waals surface area (Å²) >= 11 is 0. The second-order valence-corrected chi connectivity index (χ2v) is 6.09. The van der Waals surface area contributed by atoms with E-state index in [0.717, 1.165) is 35.8 Å². The minimum atomic E-state index is 0.356. The van der Waals surface area contributed by atoms with Crippen LogP contribution in [0.4, 0.5) is 0 Å². The van der Waals surface area contributed by atoms with Gasteiger partial charge in [-0.3, -0.25) is 10.1 Å². The van der Waals surface area contributed by atoms with Gasteiger partial charge >= 0.3 is 0 Å². The highest BCUT2D eigenvalue weighted by atomic mass is 15.3. The first-order valence-electron chi connectivity index (χ1n) is 7.53. The molecule has 2 aliphatic heterocycles. The van der Waals surface area contributed by atoms with E-state index in [-0.39, 0.29) is 0 Å². The molecule has 3 rings (SSSR count). The summed E-state index contributed by atoms with van der Waals surface area (Å²) in [5, 5.41) is 9.40. The molecule has 4 heteroatoms. The Hall–Kier alpha value is -2.10. The van der Waals surface area contributed by atoms with Crippen molar-refractivity contribution in [3.8, 4) is 0 Å². The molecule has 1 N–H and O–H groups in total. The Labute approximate surface area is 125 Å². The third kappa shape index (κ3) is 2.46. The molecule has 1 aromatic rings. The molecule has 0 bridgehead atoms. The van der Waals surface area contributed by atoms with E-state index in [4.69, 9.17) is 5.10 Å². The van der Waals surface area contributed by atoms with Crippen LogP contribution in [0.5, 0.6) is 0 Å². The second-order valence-electron chi connectivity index (χ2n) is 6.09. The van der Waals surface area contributed by atoms with Crippen LogP contribution in [0.1, 0.15) is 50.1 Å². The van der Waals surface area contributed by atoms with Gasteiger partial charge in [-0.25, -0.2) is 0 Å². The van der Waals surface area contributed by atoms with E-state index in [1.807, 2.05) is 0 Å². The van der Waals surface area contributed by atoms with Gasteiger partial charge in [0.15, 0.2) is 0 Å². The van der Waals surface area contributed by atoms with Gasteiger partial charge in [0.25, 0.3) is 0 Å². The fourth-order valence-corrected chi connectivity index (χ4v) is 2.92. The molecule has 0 aliphatic carbocycles. The topological polar surface area (TPSA) is 42.2 Å². The number of nitrogens with one attached hydrogen (secondary N) is 1. The van der Waals surface area contributed by atoms with Gasteiger partial charge in [0.1, 0.15) is 0 Å². The summed E-state index contributed by atoms with van der Waals surface area (Å²) in [5.41, 5.74) is 8.61. The molecule has 1 atom stereocenters. The van der Waals surface area contributed by atoms with Crippen molar-refractivity contribution >= 4 is 11.8 Å². The highest BCUT2D eigenvalue weighted by Crippen LogP contribution is 2.30. The maximum absolute atomic E-state index is 4.82. The Morgan fingerprint density at radius 3 is 2.90 bits per heavy atom. The van der Waals surface area contributed by atoms with Crippen LogP contribution in [0.3, 0.4) is 0 Å². The quantitative estimate of drug-likeness (QED) is 0.903. The molecule has 0 aromatic carbocycles. The monoisotopic (exact) mass is 282 g/mol. The van der Waals surface area contributed by atoms with Gasteiger partial charge < -0.3 is 0 Å². The standard InChI is InChI=1S/C17H22N4/c1-11(2)16-15(17-12(3)10-13(4)18-19-17)14-8-6-5-7-9-21(14)20-16/h5-8,11-12,18H,4,9-10H2,1-3H3. The lowest BCUT2D eigenvalue weighted by Gasteiger charge is -2.23. The number of nitrogens with zero attached hydrogens (tertiary/aromatic N) is 3. The third-order valence-electron chi connectivity index (χ3n) is 3.96. The van der Waals surface area contributed by atoms with Crippen LogP contribution in [0.15, 0.2) is 35.6 Å². The van der Waals surface area contributed by atoms with Gasteiger partial charge in [-0.2, -0.15) is 10.2 Å². The Bertz CT molecular complexity index is 659. The van der Waals surface area contributed by atoms with Crippen molar-refractivity contribution in [2.24, 2.45) is 11.0 Å². The molecular formula is C17H22N4. The van der Waals surface area contributed by atoms with Gasteiger partial charge in [0.2, 0.25) is 0 Å². The maximum Gasteiger partial charge on any atom is 0.0751 e. The fourth-order valence-electron chi connectivity index (χ4n) is 2.92. The van der Waals surface area contributed by atoms with Crippen LogP contribution in [0.2, 0.25) is 0 Å². The molecule has 0 saturated heterocycles. The van der Waals surface area contributed by atoms with E-state index in [9.17, 15) is 0 Å². The minimum Gasteiger partial charge on any atom is -0.283 e. The molecule has 0 spiro atoms. The zero-order valence-corrected chi connectivity index (χ0v) is 12.9. The Morgan fingerprint density at radius 2 is 2.19 bits per heavy atom. The van der Waals surface area contributed by atoms with E-state index in [1.54, 1.807) is 0 Å². The van der Waals surface area contributed by atoms with Gasteiger partial charge in [-0.1, -0.05) is 45.6 Å². The molecule has 2 aliphatic rings. The van der Waals surface area contributed by atoms with Gasteiger partial charge in [0, 0.05) is 17.2 Å². The Morgan fingerprint density at radius 1 is 1.38 bits per heavy atom. The summed E-state index contributed by atoms with van der Waals surface area (Å²) in [4.78, 5) is 0. The summed E-state index contributed by atoms with van der Waals surface area (Å²) in [6.07, 6.45) is 9.33. The summed E-state index contributed by atoms with van der Waals surface area (Å²) in [6.45, 7) is 11.4. The van der Waals surface area contributed by atoms with Crippen LogP contribution >= 0.6 is 0 Å². The van der Waals surface area contributed by atoms with Crippen molar-refractivity contribution in [3.63, 3.8) is 0 Å². The second kappa shape index (κ2) is 5.35. The van der Waals surface area contributed by atoms with Crippen LogP contribution < -0.4 is 5.43 Å². The zero-order chi connectivity index (χ0) is 15.0. The van der Waals surface area contributed by atoms with Crippen LogP contribution in [-0.4, -0.2) is 15.5 Å². The van der Waals surface area contributed by atoms with Crippen molar-refractivity contribution in [2.75, 3.05) is 0 Å². The molecule has 1 aromatic heterocycles. The first-order valence-corrected chi connectivity index (χ1v) is 7.53. The molecule has 0 amide bonds. The number of aromatic nitrogens is 2. The van der Waals surface area contributed by atoms with E-state index in [2.05, 4.69) is 66.9 Å². The smallest absolute Gasteiger partial charge is 0.0751 e. The summed E-state index contributed by atoms with van der Waals surface area (Å²) in [7, 11) is 0. The average molecular weight is 282 g/mol. The number of hydrogen-bond donors (Lipinski definition) is 1. The lowest BCUT2D eigenvalue weighted by Crippen LogP contribution is -2.26. The summed E-state index contributed by atoms with van der Waals surface area (Å²) in [6, 6.07) is 0. The van der Waals surface area contributed by atoms with E-state index < -0.39 is 0 Å². The fraction of sp³-hybridized carbons (Fsp3) is 0.412. The van der Waals surface area contributed by atoms with E-state index in [1.165, 1.54) is 5.56 Å². The molecule has 3 heterocycles. The lowest BCUT2D eigenvalue weighted by atomic mass is 9.89. The van der Waals surface area contributed by atoms with Crippen molar-refractivity contribution < 1.29 is 0 Å². The molecule has 4 nitrogen and oxygen atoms in total. The van der Waals surface area contributed by atoms with Crippen LogP contribution in [-0.2, 0) is 6.54 Å². The first kappa shape index (κ1) is 13.9. The largest absolute Gasteiger partial charge is 0.283 e. The van der Waals surface area contributed by atoms with Gasteiger partial charge in [-0.05, 0) is 18.4 Å². The van der Waals surface area contributed by atoms with E-state index >= 15 is 0 Å². The molecular weight excluding hydrogens is 260 g/mol. The SMILES string of the molecule is C=C1CC(C)C(c2c(C(C)C)nn3c2C=CC=CC3)=NN1. The maximum atomic E-state index is 4.82. The minimum absolute atomic E-state index is 0.356. The summed E-state index contributed by atoms with van der Waals surface area (Å²) in [5.74, 6) is 0.728. The predicted molar refractivity (Wildman–Crippen MR) is 87.1 cm³/mol. The number of hydrogen-bond acceptors (Lipinski definition) is 3. The van der Waals surface area contributed by atoms with Gasteiger partial charge in [-0.15, -0.1) is 0 Å². The van der Waals surface area contributed by atoms with Crippen molar-refractivity contribution in [1.29, 1.82) is 0 Å². The van der Waals surface area contributed by atoms with Gasteiger partial charge in [0.05, 0.1) is 23.6 Å². The number of hydrazone groups is 1. The first-order chi connectivity index (χ1) is 10.1. The lowest BCUT2D eigenvalue weighted by molar-refractivity contribution is 0.651. The average Bonchev–Trinajstić information content (AvgIpc) is 2.63. The van der Waals surface area contributed by atoms with Crippen molar-refractivity contribution in [2.45, 2.75) is 39.7 Å². The van der Waals surface area contributed by atoms with E-state index in [0.29, 0.717) is 11.8 Å². The zero-order valence-electron chi connectivity index (χ0n) is 12.9. The highest BCUT2D eigenvalue weighted by molar-refractivity contribution is 6.06. The summed E-state index contributed by atoms with van der Waals surface area (Å²) < 4.78 is 2.07. The highest BCUT2D eigenvalue weighted by Gasteiger charge is 2.28. The normalized spacial score (nSPS) is 21.0. The predicted octanol–water partition coefficient (Wildman–Crippen LogP) is 3.44. The number of fused-ring (bicyclic) bond motifs is 1. The molecule has 0 radical (unpaired) electrons. The molecule has 0 saturated carbocycles. The van der Waals surface area contributed by atoms with Crippen LogP contribution in [0.25, 0.3) is 6.08 Å². The molecule has 110 valence electrons. The van der Waals surface area contributed by atoms with Crippen LogP contribution in [0, 0.1) is 5.92 Å². The Kier molecular flexibility index (Phi) is 3.53. The number of rotatable bonds is 2. The molecule has 0 fully saturated rings. The third-order valence-corrected chi connectivity index (χ3v) is 3.96. The van der Waals surface area contributed by atoms with Crippen molar-refractivity contribution in [1.82, 2.24) is 15.2 Å². The number of allylic oxidation sites excluding steroid dienone is 4.